The molecule has 0 unspecified atom stereocenters. The predicted molar refractivity (Wildman–Crippen MR) is 124 cm³/mol. The van der Waals surface area contributed by atoms with E-state index in [1.54, 1.807) is 24.3 Å². The first kappa shape index (κ1) is 27.7. The lowest BCUT2D eigenvalue weighted by atomic mass is 9.96. The van der Waals surface area contributed by atoms with Crippen LogP contribution in [0.2, 0.25) is 0 Å². The van der Waals surface area contributed by atoms with E-state index in [2.05, 4.69) is 10.6 Å². The molecule has 0 fully saturated rings. The van der Waals surface area contributed by atoms with Crippen LogP contribution in [0.4, 0.5) is 4.79 Å². The molecule has 5 N–H and O–H groups in total. The summed E-state index contributed by atoms with van der Waals surface area (Å²) in [6.45, 7) is 7.47. The molecular formula is C22H35N2O7P. The Kier molecular flexibility index (Phi) is 11.5. The highest BCUT2D eigenvalue weighted by atomic mass is 31.2. The Balaban J connectivity index is 2.78. The quantitative estimate of drug-likeness (QED) is 0.295. The molecule has 2 atom stereocenters. The zero-order valence-corrected chi connectivity index (χ0v) is 19.9. The maximum Gasteiger partial charge on any atom is 0.411 e. The first-order valence-electron chi connectivity index (χ1n) is 10.6. The molecule has 1 aromatic rings. The minimum absolute atomic E-state index is 0.0215. The average molecular weight is 471 g/mol. The second-order valence-corrected chi connectivity index (χ2v) is 10.9. The minimum atomic E-state index is -3.80. The van der Waals surface area contributed by atoms with Gasteiger partial charge in [0.1, 0.15) is 20.0 Å². The normalized spacial score (nSPS) is 13.4. The van der Waals surface area contributed by atoms with Gasteiger partial charge in [-0.15, -0.1) is 0 Å². The third kappa shape index (κ3) is 11.3. The molecule has 0 bridgehead atoms. The van der Waals surface area contributed by atoms with Crippen LogP contribution in [0.3, 0.4) is 0 Å². The summed E-state index contributed by atoms with van der Waals surface area (Å²) >= 11 is 0. The number of amides is 2. The van der Waals surface area contributed by atoms with Gasteiger partial charge in [-0.3, -0.25) is 10.1 Å². The Morgan fingerprint density at radius 1 is 1.03 bits per heavy atom. The Morgan fingerprint density at radius 2 is 1.62 bits per heavy atom. The Labute approximate surface area is 189 Å². The number of ether oxygens (including phenoxy) is 1. The number of carboxylic acid groups (broad SMARTS) is 1. The standard InChI is InChI=1S/C22H35N2O7P/c1-15(2)10-18(20(25)24-19(21(26)27)11-16(3)4)13-32(29,30)14-23-22(28)31-12-17-8-6-5-7-9-17/h5-9,14-16,18-19,29-30H,10-13H2,1-4H3,(H,23,28)(H,24,25)(H,26,27)/t18-,19+/m1/s1. The first-order valence-corrected chi connectivity index (χ1v) is 12.5. The van der Waals surface area contributed by atoms with Crippen LogP contribution < -0.4 is 10.6 Å². The first-order chi connectivity index (χ1) is 14.9. The van der Waals surface area contributed by atoms with Crippen molar-refractivity contribution < 1.29 is 34.0 Å². The molecule has 0 saturated heterocycles. The molecule has 180 valence electrons. The molecule has 0 aliphatic heterocycles. The largest absolute Gasteiger partial charge is 0.480 e. The molecule has 0 saturated carbocycles. The van der Waals surface area contributed by atoms with Gasteiger partial charge < -0.3 is 24.9 Å². The maximum atomic E-state index is 12.7. The van der Waals surface area contributed by atoms with Crippen LogP contribution in [0.5, 0.6) is 0 Å². The Morgan fingerprint density at radius 3 is 2.16 bits per heavy atom. The van der Waals surface area contributed by atoms with E-state index in [9.17, 15) is 29.3 Å². The zero-order valence-electron chi connectivity index (χ0n) is 19.0. The molecule has 0 heterocycles. The van der Waals surface area contributed by atoms with Gasteiger partial charge in [-0.05, 0) is 30.2 Å². The smallest absolute Gasteiger partial charge is 0.411 e. The number of alkyl carbamates (subject to hydrolysis) is 1. The molecule has 0 aromatic heterocycles. The topological polar surface area (TPSA) is 145 Å². The van der Waals surface area contributed by atoms with Gasteiger partial charge in [0, 0.05) is 12.1 Å². The van der Waals surface area contributed by atoms with Gasteiger partial charge in [-0.25, -0.2) is 9.59 Å². The number of nitrogens with one attached hydrogen (secondary N) is 2. The van der Waals surface area contributed by atoms with Gasteiger partial charge in [0.05, 0.1) is 5.92 Å². The molecule has 9 nitrogen and oxygen atoms in total. The molecule has 1 aromatic carbocycles. The second kappa shape index (κ2) is 13.3. The summed E-state index contributed by atoms with van der Waals surface area (Å²) < 4.78 is 5.03. The van der Waals surface area contributed by atoms with E-state index in [4.69, 9.17) is 4.74 Å². The van der Waals surface area contributed by atoms with E-state index in [0.29, 0.717) is 6.42 Å². The van der Waals surface area contributed by atoms with Gasteiger partial charge in [0.2, 0.25) is 5.91 Å². The number of benzene rings is 1. The van der Waals surface area contributed by atoms with E-state index in [1.165, 1.54) is 0 Å². The number of rotatable bonds is 12. The summed E-state index contributed by atoms with van der Waals surface area (Å²) in [5.74, 6) is -1.54. The van der Waals surface area contributed by atoms with Crippen LogP contribution in [0, 0.1) is 17.8 Å². The third-order valence-corrected chi connectivity index (χ3v) is 6.06. The molecule has 0 spiro atoms. The number of hydrogen-bond acceptors (Lipinski definition) is 6. The minimum Gasteiger partial charge on any atom is -0.480 e. The van der Waals surface area contributed by atoms with Crippen LogP contribution in [0.25, 0.3) is 0 Å². The fraction of sp³-hybridized carbons (Fsp3) is 0.545. The van der Waals surface area contributed by atoms with Crippen molar-refractivity contribution in [3.8, 4) is 0 Å². The summed E-state index contributed by atoms with van der Waals surface area (Å²) in [6, 6.07) is 7.94. The highest BCUT2D eigenvalue weighted by molar-refractivity contribution is 7.63. The molecular weight excluding hydrogens is 435 g/mol. The summed E-state index contributed by atoms with van der Waals surface area (Å²) in [6.07, 6.45) is -0.581. The molecule has 0 aliphatic rings. The Hall–Kier alpha value is -2.35. The molecule has 10 heteroatoms. The summed E-state index contributed by atoms with van der Waals surface area (Å²) in [7, 11) is -3.80. The Bertz CT molecular complexity index is 806. The van der Waals surface area contributed by atoms with Gasteiger partial charge >= 0.3 is 12.1 Å². The van der Waals surface area contributed by atoms with Gasteiger partial charge in [-0.2, -0.15) is 0 Å². The van der Waals surface area contributed by atoms with Crippen LogP contribution in [0.1, 0.15) is 46.1 Å². The molecule has 2 amide bonds. The van der Waals surface area contributed by atoms with E-state index in [-0.39, 0.29) is 31.0 Å². The zero-order chi connectivity index (χ0) is 24.3. The van der Waals surface area contributed by atoms with E-state index >= 15 is 0 Å². The number of carboxylic acids is 1. The molecule has 0 aliphatic carbocycles. The summed E-state index contributed by atoms with van der Waals surface area (Å²) in [5.41, 5.74) is 0.778. The number of hydrogen-bond donors (Lipinski definition) is 5. The lowest BCUT2D eigenvalue weighted by molar-refractivity contribution is -0.142. The monoisotopic (exact) mass is 470 g/mol. The van der Waals surface area contributed by atoms with Crippen molar-refractivity contribution in [1.82, 2.24) is 10.6 Å². The molecule has 1 rings (SSSR count). The van der Waals surface area contributed by atoms with Crippen molar-refractivity contribution in [2.24, 2.45) is 17.8 Å². The lowest BCUT2D eigenvalue weighted by Crippen LogP contribution is -2.45. The highest BCUT2D eigenvalue weighted by Crippen LogP contribution is 2.39. The van der Waals surface area contributed by atoms with Crippen molar-refractivity contribution in [1.29, 1.82) is 0 Å². The number of aliphatic carboxylic acids is 1. The van der Waals surface area contributed by atoms with Crippen molar-refractivity contribution in [3.63, 3.8) is 0 Å². The maximum absolute atomic E-state index is 12.7. The van der Waals surface area contributed by atoms with E-state index in [0.717, 1.165) is 11.5 Å². The number of carbonyl (C=O) groups excluding carboxylic acids is 2. The summed E-state index contributed by atoms with van der Waals surface area (Å²) in [5, 5.41) is 14.1. The predicted octanol–water partition coefficient (Wildman–Crippen LogP) is 2.78. The van der Waals surface area contributed by atoms with Crippen molar-refractivity contribution in [2.75, 3.05) is 6.16 Å². The number of carbonyl (C=O) groups is 3. The molecule has 32 heavy (non-hydrogen) atoms. The SMILES string of the molecule is CC(C)C[C@H](CP(O)(O)=CNC(=O)OCc1ccccc1)C(=O)N[C@@H](CC(C)C)C(=O)O. The highest BCUT2D eigenvalue weighted by Gasteiger charge is 2.29. The van der Waals surface area contributed by atoms with Crippen LogP contribution in [0.15, 0.2) is 30.3 Å². The van der Waals surface area contributed by atoms with E-state index in [1.807, 2.05) is 33.8 Å². The molecule has 0 radical (unpaired) electrons. The third-order valence-electron chi connectivity index (χ3n) is 4.54. The van der Waals surface area contributed by atoms with Gasteiger partial charge in [0.15, 0.2) is 0 Å². The van der Waals surface area contributed by atoms with Crippen LogP contribution >= 0.6 is 7.34 Å². The second-order valence-electron chi connectivity index (χ2n) is 8.66. The van der Waals surface area contributed by atoms with Crippen LogP contribution in [-0.4, -0.2) is 51.0 Å². The summed E-state index contributed by atoms with van der Waals surface area (Å²) in [4.78, 5) is 56.9. The van der Waals surface area contributed by atoms with Crippen molar-refractivity contribution >= 4 is 31.2 Å². The lowest BCUT2D eigenvalue weighted by Gasteiger charge is -2.25. The fourth-order valence-electron chi connectivity index (χ4n) is 3.11. The van der Waals surface area contributed by atoms with E-state index < -0.39 is 37.3 Å². The van der Waals surface area contributed by atoms with Crippen molar-refractivity contribution in [2.45, 2.75) is 53.2 Å². The van der Waals surface area contributed by atoms with Crippen molar-refractivity contribution in [3.05, 3.63) is 35.9 Å². The van der Waals surface area contributed by atoms with Gasteiger partial charge in [0.25, 0.3) is 0 Å². The fourth-order valence-corrected chi connectivity index (χ4v) is 4.50. The average Bonchev–Trinajstić information content (AvgIpc) is 2.69. The van der Waals surface area contributed by atoms with Gasteiger partial charge in [-0.1, -0.05) is 58.0 Å². The van der Waals surface area contributed by atoms with Crippen LogP contribution in [-0.2, 0) is 20.9 Å².